The average Bonchev–Trinajstić information content (AvgIpc) is 3.23. The third-order valence-corrected chi connectivity index (χ3v) is 7.91. The molecule has 39 heavy (non-hydrogen) atoms. The van der Waals surface area contributed by atoms with Crippen LogP contribution in [-0.2, 0) is 6.18 Å². The Morgan fingerprint density at radius 3 is 2.49 bits per heavy atom. The molecule has 1 aliphatic heterocycles. The first-order valence-corrected chi connectivity index (χ1v) is 13.2. The van der Waals surface area contributed by atoms with Crippen LogP contribution in [0.4, 0.5) is 32.2 Å². The summed E-state index contributed by atoms with van der Waals surface area (Å²) in [5, 5.41) is 14.2. The number of hydrogen-bond acceptors (Lipinski definition) is 7. The number of aromatic nitrogens is 2. The lowest BCUT2D eigenvalue weighted by molar-refractivity contribution is -0.142. The third-order valence-electron chi connectivity index (χ3n) is 6.82. The number of carbonyl (C=O) groups is 2. The van der Waals surface area contributed by atoms with Crippen LogP contribution in [0.15, 0.2) is 12.3 Å². The molecule has 2 amide bonds. The van der Waals surface area contributed by atoms with Crippen LogP contribution in [0, 0.1) is 0 Å². The van der Waals surface area contributed by atoms with Gasteiger partial charge in [-0.2, -0.15) is 26.3 Å². The van der Waals surface area contributed by atoms with E-state index in [1.165, 1.54) is 11.8 Å². The summed E-state index contributed by atoms with van der Waals surface area (Å²) in [6.45, 7) is 3.29. The molecule has 1 saturated carbocycles. The van der Waals surface area contributed by atoms with E-state index in [2.05, 4.69) is 15.3 Å². The number of likely N-dealkylation sites (tertiary alicyclic amines) is 1. The fraction of sp³-hybridized carbons (Fsp3) is 0.583. The molecule has 2 fully saturated rings. The highest BCUT2D eigenvalue weighted by Gasteiger charge is 2.42. The lowest BCUT2D eigenvalue weighted by Crippen LogP contribution is -2.36. The largest absolute Gasteiger partial charge is 0.417 e. The Bertz CT molecular complexity index is 1240. The standard InChI is InChI=1S/C24H27F6N5O3S/c1-3-15(24(28,29)30)33-16-9-14(23(25,26)27)13(10-31-16)18-17(21(37)35-8-4-5-12(35)2)34-20(39-18)19(36)32-11-22(38)6-7-22/h9-10,12,15,38H,3-8,11H2,1-2H3,(H,31,33)(H,32,36)/t12-,15-/m0/s1. The van der Waals surface area contributed by atoms with Gasteiger partial charge in [0.2, 0.25) is 0 Å². The van der Waals surface area contributed by atoms with Gasteiger partial charge in [-0.05, 0) is 45.1 Å². The van der Waals surface area contributed by atoms with E-state index in [1.54, 1.807) is 6.92 Å². The quantitative estimate of drug-likeness (QED) is 0.386. The Morgan fingerprint density at radius 1 is 1.26 bits per heavy atom. The van der Waals surface area contributed by atoms with Gasteiger partial charge < -0.3 is 20.6 Å². The molecule has 8 nitrogen and oxygen atoms in total. The van der Waals surface area contributed by atoms with Crippen molar-refractivity contribution in [2.24, 2.45) is 0 Å². The fourth-order valence-electron chi connectivity index (χ4n) is 4.30. The summed E-state index contributed by atoms with van der Waals surface area (Å²) in [6.07, 6.45) is -7.10. The van der Waals surface area contributed by atoms with Crippen LogP contribution >= 0.6 is 11.3 Å². The number of hydrogen-bond donors (Lipinski definition) is 3. The number of anilines is 1. The van der Waals surface area contributed by atoms with E-state index in [1.807, 2.05) is 5.32 Å². The van der Waals surface area contributed by atoms with Gasteiger partial charge in [0.25, 0.3) is 11.8 Å². The maximum absolute atomic E-state index is 14.2. The maximum Gasteiger partial charge on any atom is 0.417 e. The van der Waals surface area contributed by atoms with Crippen LogP contribution < -0.4 is 10.6 Å². The molecule has 2 atom stereocenters. The molecule has 1 saturated heterocycles. The fourth-order valence-corrected chi connectivity index (χ4v) is 5.30. The van der Waals surface area contributed by atoms with Crippen LogP contribution in [-0.4, -0.2) is 68.7 Å². The van der Waals surface area contributed by atoms with E-state index in [0.717, 1.165) is 6.20 Å². The number of nitrogens with zero attached hydrogens (tertiary/aromatic N) is 3. The number of thiazole rings is 1. The number of alkyl halides is 6. The molecule has 3 heterocycles. The first-order chi connectivity index (χ1) is 18.1. The van der Waals surface area contributed by atoms with E-state index in [-0.39, 0.29) is 28.2 Å². The van der Waals surface area contributed by atoms with Crippen LogP contribution in [0.3, 0.4) is 0 Å². The molecule has 4 rings (SSSR count). The Hall–Kier alpha value is -2.94. The van der Waals surface area contributed by atoms with Gasteiger partial charge in [0.15, 0.2) is 5.01 Å². The first kappa shape index (κ1) is 29.1. The van der Waals surface area contributed by atoms with Crippen LogP contribution in [0.5, 0.6) is 0 Å². The Kier molecular flexibility index (Phi) is 7.87. The lowest BCUT2D eigenvalue weighted by atomic mass is 10.1. The minimum Gasteiger partial charge on any atom is -0.388 e. The van der Waals surface area contributed by atoms with Crippen molar-refractivity contribution < 1.29 is 41.0 Å². The smallest absolute Gasteiger partial charge is 0.388 e. The topological polar surface area (TPSA) is 107 Å². The number of aliphatic hydroxyl groups is 1. The Morgan fingerprint density at radius 2 is 1.95 bits per heavy atom. The molecular formula is C24H27F6N5O3S. The van der Waals surface area contributed by atoms with Crippen LogP contribution in [0.25, 0.3) is 10.4 Å². The normalized spacial score (nSPS) is 19.6. The summed E-state index contributed by atoms with van der Waals surface area (Å²) in [6, 6.07) is -1.86. The molecule has 2 aromatic heterocycles. The van der Waals surface area contributed by atoms with Gasteiger partial charge in [0.1, 0.15) is 17.6 Å². The van der Waals surface area contributed by atoms with Crippen molar-refractivity contribution in [2.75, 3.05) is 18.4 Å². The minimum absolute atomic E-state index is 0.0826. The van der Waals surface area contributed by atoms with Crippen molar-refractivity contribution in [3.05, 3.63) is 28.5 Å². The van der Waals surface area contributed by atoms with Crippen molar-refractivity contribution in [1.82, 2.24) is 20.2 Å². The number of nitrogens with one attached hydrogen (secondary N) is 2. The summed E-state index contributed by atoms with van der Waals surface area (Å²) < 4.78 is 82.2. The highest BCUT2D eigenvalue weighted by Crippen LogP contribution is 2.42. The molecule has 1 aliphatic carbocycles. The Labute approximate surface area is 223 Å². The van der Waals surface area contributed by atoms with E-state index in [0.29, 0.717) is 49.6 Å². The van der Waals surface area contributed by atoms with Crippen molar-refractivity contribution in [1.29, 1.82) is 0 Å². The summed E-state index contributed by atoms with van der Waals surface area (Å²) in [7, 11) is 0. The molecule has 0 spiro atoms. The first-order valence-electron chi connectivity index (χ1n) is 12.4. The van der Waals surface area contributed by atoms with Gasteiger partial charge in [-0.25, -0.2) is 9.97 Å². The zero-order valence-corrected chi connectivity index (χ0v) is 21.9. The monoisotopic (exact) mass is 579 g/mol. The summed E-state index contributed by atoms with van der Waals surface area (Å²) >= 11 is 0.546. The number of amides is 2. The maximum atomic E-state index is 14.2. The van der Waals surface area contributed by atoms with Gasteiger partial charge in [-0.1, -0.05) is 6.92 Å². The van der Waals surface area contributed by atoms with Crippen molar-refractivity contribution in [3.63, 3.8) is 0 Å². The number of halogens is 6. The lowest BCUT2D eigenvalue weighted by Gasteiger charge is -2.22. The number of pyridine rings is 1. The van der Waals surface area contributed by atoms with Gasteiger partial charge in [0, 0.05) is 30.9 Å². The number of rotatable bonds is 8. The molecule has 0 bridgehead atoms. The molecule has 3 N–H and O–H groups in total. The van der Waals surface area contributed by atoms with E-state index >= 15 is 0 Å². The van der Waals surface area contributed by atoms with Crippen molar-refractivity contribution >= 4 is 29.0 Å². The third kappa shape index (κ3) is 6.45. The van der Waals surface area contributed by atoms with Crippen LogP contribution in [0.2, 0.25) is 0 Å². The second-order valence-corrected chi connectivity index (χ2v) is 10.9. The molecule has 0 aromatic carbocycles. The van der Waals surface area contributed by atoms with E-state index < -0.39 is 59.2 Å². The molecule has 0 radical (unpaired) electrons. The molecular weight excluding hydrogens is 552 g/mol. The van der Waals surface area contributed by atoms with E-state index in [9.17, 15) is 41.0 Å². The second kappa shape index (κ2) is 10.6. The second-order valence-electron chi connectivity index (χ2n) is 9.85. The SMILES string of the molecule is CC[C@H](Nc1cc(C(F)(F)F)c(-c2sc(C(=O)NCC3(O)CC3)nc2C(=O)N2CCC[C@@H]2C)cn1)C(F)(F)F. The highest BCUT2D eigenvalue weighted by molar-refractivity contribution is 7.17. The molecule has 0 unspecified atom stereocenters. The van der Waals surface area contributed by atoms with Gasteiger partial charge in [0.05, 0.1) is 16.0 Å². The predicted molar refractivity (Wildman–Crippen MR) is 130 cm³/mol. The summed E-state index contributed by atoms with van der Waals surface area (Å²) in [4.78, 5) is 35.2. The Balaban J connectivity index is 1.77. The zero-order valence-electron chi connectivity index (χ0n) is 21.0. The summed E-state index contributed by atoms with van der Waals surface area (Å²) in [5.74, 6) is -2.08. The summed E-state index contributed by atoms with van der Waals surface area (Å²) in [5.41, 5.74) is -3.33. The van der Waals surface area contributed by atoms with Gasteiger partial charge in [-0.3, -0.25) is 9.59 Å². The minimum atomic E-state index is -5.03. The molecule has 2 aromatic rings. The average molecular weight is 580 g/mol. The van der Waals surface area contributed by atoms with Crippen molar-refractivity contribution in [2.45, 2.75) is 76.0 Å². The number of carbonyl (C=O) groups excluding carboxylic acids is 2. The van der Waals surface area contributed by atoms with E-state index in [4.69, 9.17) is 0 Å². The van der Waals surface area contributed by atoms with Crippen LogP contribution in [0.1, 0.15) is 71.8 Å². The highest BCUT2D eigenvalue weighted by atomic mass is 32.1. The van der Waals surface area contributed by atoms with Gasteiger partial charge in [-0.15, -0.1) is 11.3 Å². The zero-order chi connectivity index (χ0) is 28.8. The molecule has 15 heteroatoms. The molecule has 2 aliphatic rings. The van der Waals surface area contributed by atoms with Gasteiger partial charge >= 0.3 is 12.4 Å². The molecule has 214 valence electrons. The predicted octanol–water partition coefficient (Wildman–Crippen LogP) is 4.86. The van der Waals surface area contributed by atoms with Crippen molar-refractivity contribution in [3.8, 4) is 10.4 Å².